The van der Waals surface area contributed by atoms with E-state index in [0.717, 1.165) is 16.7 Å². The molecule has 146 valence electrons. The van der Waals surface area contributed by atoms with Gasteiger partial charge in [0.05, 0.1) is 6.54 Å². The van der Waals surface area contributed by atoms with Crippen LogP contribution in [0.2, 0.25) is 0 Å². The van der Waals surface area contributed by atoms with Crippen LogP contribution in [0.3, 0.4) is 0 Å². The highest BCUT2D eigenvalue weighted by atomic mass is 16.7. The monoisotopic (exact) mass is 388 g/mol. The van der Waals surface area contributed by atoms with E-state index in [1.807, 2.05) is 55.5 Å². The van der Waals surface area contributed by atoms with Gasteiger partial charge in [-0.05, 0) is 47.4 Å². The summed E-state index contributed by atoms with van der Waals surface area (Å²) >= 11 is 0. The number of aromatic nitrogens is 1. The fourth-order valence-electron chi connectivity index (χ4n) is 3.92. The minimum Gasteiger partial charge on any atom is -0.454 e. The second-order valence-corrected chi connectivity index (χ2v) is 7.42. The third-order valence-electron chi connectivity index (χ3n) is 5.51. The average molecular weight is 388 g/mol. The molecule has 5 rings (SSSR count). The van der Waals surface area contributed by atoms with E-state index in [1.165, 1.54) is 0 Å². The number of fused-ring (bicyclic) bond motifs is 2. The molecular formula is C23H20N2O4. The summed E-state index contributed by atoms with van der Waals surface area (Å²) in [7, 11) is 0. The fraction of sp³-hybridized carbons (Fsp3) is 0.217. The van der Waals surface area contributed by atoms with Gasteiger partial charge in [-0.1, -0.05) is 30.3 Å². The van der Waals surface area contributed by atoms with Gasteiger partial charge in [-0.3, -0.25) is 9.59 Å². The summed E-state index contributed by atoms with van der Waals surface area (Å²) in [5.41, 5.74) is 3.83. The molecule has 0 fully saturated rings. The Morgan fingerprint density at radius 2 is 1.72 bits per heavy atom. The van der Waals surface area contributed by atoms with Gasteiger partial charge >= 0.3 is 0 Å². The van der Waals surface area contributed by atoms with Gasteiger partial charge in [0.1, 0.15) is 5.56 Å². The van der Waals surface area contributed by atoms with Crippen LogP contribution in [-0.2, 0) is 19.6 Å². The van der Waals surface area contributed by atoms with Gasteiger partial charge in [-0.25, -0.2) is 0 Å². The van der Waals surface area contributed by atoms with Gasteiger partial charge in [-0.2, -0.15) is 0 Å². The van der Waals surface area contributed by atoms with E-state index in [9.17, 15) is 9.59 Å². The Labute approximate surface area is 167 Å². The molecule has 0 unspecified atom stereocenters. The van der Waals surface area contributed by atoms with Crippen LogP contribution in [0.25, 0.3) is 0 Å². The Morgan fingerprint density at radius 1 is 1.00 bits per heavy atom. The van der Waals surface area contributed by atoms with Crippen molar-refractivity contribution >= 4 is 5.91 Å². The SMILES string of the molecule is Cc1ccn(Cc2ccc3c(c2)OCO3)c(=O)c1C(=O)N1Cc2ccccc2C1. The number of hydrogen-bond acceptors (Lipinski definition) is 4. The molecule has 1 amide bonds. The van der Waals surface area contributed by atoms with Crippen molar-refractivity contribution in [3.8, 4) is 11.5 Å². The number of carbonyl (C=O) groups excluding carboxylic acids is 1. The van der Waals surface area contributed by atoms with E-state index < -0.39 is 0 Å². The van der Waals surface area contributed by atoms with Crippen LogP contribution in [0.4, 0.5) is 0 Å². The first-order valence-corrected chi connectivity index (χ1v) is 9.55. The quantitative estimate of drug-likeness (QED) is 0.692. The maximum atomic E-state index is 13.2. The molecule has 6 heteroatoms. The Balaban J connectivity index is 1.44. The molecule has 0 atom stereocenters. The molecule has 3 aromatic rings. The van der Waals surface area contributed by atoms with Gasteiger partial charge in [0, 0.05) is 19.3 Å². The lowest BCUT2D eigenvalue weighted by Crippen LogP contribution is -2.34. The lowest BCUT2D eigenvalue weighted by molar-refractivity contribution is 0.0748. The molecule has 0 aliphatic carbocycles. The molecule has 3 heterocycles. The number of hydrogen-bond donors (Lipinski definition) is 0. The van der Waals surface area contributed by atoms with E-state index in [2.05, 4.69) is 0 Å². The van der Waals surface area contributed by atoms with E-state index in [4.69, 9.17) is 9.47 Å². The third-order valence-corrected chi connectivity index (χ3v) is 5.51. The summed E-state index contributed by atoms with van der Waals surface area (Å²) < 4.78 is 12.3. The fourth-order valence-corrected chi connectivity index (χ4v) is 3.92. The number of aryl methyl sites for hydroxylation is 1. The molecule has 0 radical (unpaired) electrons. The van der Waals surface area contributed by atoms with E-state index in [1.54, 1.807) is 15.7 Å². The highest BCUT2D eigenvalue weighted by Crippen LogP contribution is 2.32. The number of pyridine rings is 1. The van der Waals surface area contributed by atoms with Gasteiger partial charge in [0.2, 0.25) is 6.79 Å². The maximum Gasteiger partial charge on any atom is 0.263 e. The lowest BCUT2D eigenvalue weighted by Gasteiger charge is -2.17. The molecule has 2 aliphatic rings. The Kier molecular flexibility index (Phi) is 4.12. The molecule has 0 saturated carbocycles. The number of amides is 1. The van der Waals surface area contributed by atoms with E-state index in [-0.39, 0.29) is 23.8 Å². The summed E-state index contributed by atoms with van der Waals surface area (Å²) in [6, 6.07) is 15.4. The molecule has 29 heavy (non-hydrogen) atoms. The van der Waals surface area contributed by atoms with Crippen molar-refractivity contribution in [1.82, 2.24) is 9.47 Å². The Bertz CT molecular complexity index is 1160. The summed E-state index contributed by atoms with van der Waals surface area (Å²) in [6.07, 6.45) is 1.73. The first-order valence-electron chi connectivity index (χ1n) is 9.55. The van der Waals surface area contributed by atoms with Gasteiger partial charge in [0.15, 0.2) is 11.5 Å². The number of ether oxygens (including phenoxy) is 2. The van der Waals surface area contributed by atoms with Crippen molar-refractivity contribution in [2.24, 2.45) is 0 Å². The third kappa shape index (κ3) is 3.06. The van der Waals surface area contributed by atoms with Gasteiger partial charge < -0.3 is 18.9 Å². The summed E-state index contributed by atoms with van der Waals surface area (Å²) in [6.45, 7) is 3.44. The van der Waals surface area contributed by atoms with Crippen LogP contribution in [0.5, 0.6) is 11.5 Å². The normalized spacial score (nSPS) is 14.2. The van der Waals surface area contributed by atoms with Gasteiger partial charge in [0.25, 0.3) is 11.5 Å². The zero-order valence-electron chi connectivity index (χ0n) is 16.1. The molecular weight excluding hydrogens is 368 g/mol. The zero-order valence-corrected chi connectivity index (χ0v) is 16.1. The first kappa shape index (κ1) is 17.6. The number of nitrogens with zero attached hydrogens (tertiary/aromatic N) is 2. The van der Waals surface area contributed by atoms with Crippen molar-refractivity contribution in [3.05, 3.63) is 92.9 Å². The largest absolute Gasteiger partial charge is 0.454 e. The highest BCUT2D eigenvalue weighted by Gasteiger charge is 2.27. The molecule has 0 spiro atoms. The molecule has 0 bridgehead atoms. The summed E-state index contributed by atoms with van der Waals surface area (Å²) in [4.78, 5) is 28.1. The Hall–Kier alpha value is -3.54. The van der Waals surface area contributed by atoms with Crippen LogP contribution >= 0.6 is 0 Å². The summed E-state index contributed by atoms with van der Waals surface area (Å²) in [5.74, 6) is 1.16. The highest BCUT2D eigenvalue weighted by molar-refractivity contribution is 5.95. The first-order chi connectivity index (χ1) is 14.1. The molecule has 2 aliphatic heterocycles. The van der Waals surface area contributed by atoms with Crippen LogP contribution in [0, 0.1) is 6.92 Å². The number of carbonyl (C=O) groups is 1. The van der Waals surface area contributed by atoms with Crippen molar-refractivity contribution in [2.45, 2.75) is 26.6 Å². The number of rotatable bonds is 3. The topological polar surface area (TPSA) is 60.8 Å². The van der Waals surface area contributed by atoms with Crippen LogP contribution < -0.4 is 15.0 Å². The smallest absolute Gasteiger partial charge is 0.263 e. The second-order valence-electron chi connectivity index (χ2n) is 7.42. The van der Waals surface area contributed by atoms with Gasteiger partial charge in [-0.15, -0.1) is 0 Å². The molecule has 0 saturated heterocycles. The van der Waals surface area contributed by atoms with E-state index in [0.29, 0.717) is 36.7 Å². The minimum atomic E-state index is -0.274. The maximum absolute atomic E-state index is 13.2. The van der Waals surface area contributed by atoms with Crippen molar-refractivity contribution in [1.29, 1.82) is 0 Å². The summed E-state index contributed by atoms with van der Waals surface area (Å²) in [5, 5.41) is 0. The predicted octanol–water partition coefficient (Wildman–Crippen LogP) is 3.09. The van der Waals surface area contributed by atoms with Crippen molar-refractivity contribution in [3.63, 3.8) is 0 Å². The average Bonchev–Trinajstić information content (AvgIpc) is 3.36. The van der Waals surface area contributed by atoms with Crippen molar-refractivity contribution in [2.75, 3.05) is 6.79 Å². The lowest BCUT2D eigenvalue weighted by atomic mass is 10.1. The molecule has 6 nitrogen and oxygen atoms in total. The van der Waals surface area contributed by atoms with E-state index >= 15 is 0 Å². The number of benzene rings is 2. The molecule has 0 N–H and O–H groups in total. The van der Waals surface area contributed by atoms with Crippen molar-refractivity contribution < 1.29 is 14.3 Å². The predicted molar refractivity (Wildman–Crippen MR) is 107 cm³/mol. The minimum absolute atomic E-state index is 0.208. The van der Waals surface area contributed by atoms with Crippen LogP contribution in [0.15, 0.2) is 59.5 Å². The molecule has 1 aromatic heterocycles. The Morgan fingerprint density at radius 3 is 2.48 bits per heavy atom. The van der Waals surface area contributed by atoms with Crippen LogP contribution in [0.1, 0.15) is 32.6 Å². The molecule has 2 aromatic carbocycles. The standard InChI is InChI=1S/C23H20N2O4/c1-15-8-9-24(11-16-6-7-19-20(10-16)29-14-28-19)22(26)21(15)23(27)25-12-17-4-2-3-5-18(17)13-25/h2-10H,11-14H2,1H3. The zero-order chi connectivity index (χ0) is 20.0. The second kappa shape index (κ2) is 6.81. The van der Waals surface area contributed by atoms with Crippen LogP contribution in [-0.4, -0.2) is 22.2 Å².